The van der Waals surface area contributed by atoms with Crippen molar-refractivity contribution in [3.05, 3.63) is 53.6 Å². The lowest BCUT2D eigenvalue weighted by molar-refractivity contribution is 0.315. The average molecular weight is 258 g/mol. The first-order chi connectivity index (χ1) is 9.13. The van der Waals surface area contributed by atoms with E-state index in [2.05, 4.69) is 10.1 Å². The molecule has 1 aromatic heterocycles. The number of nitrogens with zero attached hydrogens (tertiary/aromatic N) is 3. The van der Waals surface area contributed by atoms with Gasteiger partial charge in [0.2, 0.25) is 0 Å². The van der Waals surface area contributed by atoms with Gasteiger partial charge in [-0.2, -0.15) is 0 Å². The fourth-order valence-electron chi connectivity index (χ4n) is 2.05. The highest BCUT2D eigenvalue weighted by Crippen LogP contribution is 2.19. The Hall–Kier alpha value is -2.30. The third-order valence-corrected chi connectivity index (χ3v) is 3.40. The molecular formula is C14H18N4O. The third kappa shape index (κ3) is 2.76. The molecular weight excluding hydrogens is 240 g/mol. The van der Waals surface area contributed by atoms with Gasteiger partial charge in [0.1, 0.15) is 5.84 Å². The molecule has 0 spiro atoms. The van der Waals surface area contributed by atoms with Crippen LogP contribution in [0.2, 0.25) is 0 Å². The van der Waals surface area contributed by atoms with Gasteiger partial charge in [-0.3, -0.25) is 0 Å². The molecule has 1 atom stereocenters. The van der Waals surface area contributed by atoms with Gasteiger partial charge >= 0.3 is 0 Å². The van der Waals surface area contributed by atoms with Crippen molar-refractivity contribution in [1.29, 1.82) is 0 Å². The van der Waals surface area contributed by atoms with E-state index in [9.17, 15) is 0 Å². The van der Waals surface area contributed by atoms with E-state index in [0.29, 0.717) is 6.54 Å². The Morgan fingerprint density at radius 1 is 1.37 bits per heavy atom. The molecule has 0 aliphatic rings. The summed E-state index contributed by atoms with van der Waals surface area (Å²) in [5.41, 5.74) is 8.92. The van der Waals surface area contributed by atoms with Crippen LogP contribution in [0.25, 0.3) is 0 Å². The van der Waals surface area contributed by atoms with E-state index < -0.39 is 0 Å². The second-order valence-corrected chi connectivity index (χ2v) is 4.56. The van der Waals surface area contributed by atoms with Crippen LogP contribution in [0.3, 0.4) is 0 Å². The highest BCUT2D eigenvalue weighted by Gasteiger charge is 2.18. The van der Waals surface area contributed by atoms with Gasteiger partial charge in [-0.1, -0.05) is 35.5 Å². The minimum absolute atomic E-state index is 0.168. The minimum atomic E-state index is -0.168. The zero-order valence-electron chi connectivity index (χ0n) is 11.1. The quantitative estimate of drug-likeness (QED) is 0.381. The fraction of sp³-hybridized carbons (Fsp3) is 0.286. The first-order valence-electron chi connectivity index (χ1n) is 6.14. The van der Waals surface area contributed by atoms with Gasteiger partial charge in [0.25, 0.3) is 0 Å². The molecule has 0 aliphatic carbocycles. The predicted molar refractivity (Wildman–Crippen MR) is 74.3 cm³/mol. The summed E-state index contributed by atoms with van der Waals surface area (Å²) in [6.07, 6.45) is 1.78. The highest BCUT2D eigenvalue weighted by molar-refractivity contribution is 5.86. The Morgan fingerprint density at radius 3 is 2.58 bits per heavy atom. The molecule has 2 aromatic rings. The molecule has 5 heteroatoms. The Morgan fingerprint density at radius 2 is 2.05 bits per heavy atom. The fourth-order valence-corrected chi connectivity index (χ4v) is 2.05. The first-order valence-corrected chi connectivity index (χ1v) is 6.14. The van der Waals surface area contributed by atoms with Crippen LogP contribution in [0, 0.1) is 13.8 Å². The largest absolute Gasteiger partial charge is 0.409 e. The SMILES string of the molecule is Cc1ncn(CC(C(N)=NO)c2ccccc2)c1C. The number of hydrogen-bond acceptors (Lipinski definition) is 3. The van der Waals surface area contributed by atoms with E-state index in [1.54, 1.807) is 6.33 Å². The zero-order chi connectivity index (χ0) is 13.8. The van der Waals surface area contributed by atoms with E-state index >= 15 is 0 Å². The van der Waals surface area contributed by atoms with Crippen LogP contribution < -0.4 is 5.73 Å². The number of hydrogen-bond donors (Lipinski definition) is 2. The molecule has 3 N–H and O–H groups in total. The Labute approximate surface area is 112 Å². The molecule has 19 heavy (non-hydrogen) atoms. The zero-order valence-corrected chi connectivity index (χ0v) is 11.1. The maximum absolute atomic E-state index is 8.96. The molecule has 0 saturated carbocycles. The van der Waals surface area contributed by atoms with Crippen molar-refractivity contribution in [1.82, 2.24) is 9.55 Å². The molecule has 1 heterocycles. The van der Waals surface area contributed by atoms with Crippen molar-refractivity contribution in [2.24, 2.45) is 10.9 Å². The number of rotatable bonds is 4. The lowest BCUT2D eigenvalue weighted by Crippen LogP contribution is -2.26. The summed E-state index contributed by atoms with van der Waals surface area (Å²) in [6.45, 7) is 4.58. The lowest BCUT2D eigenvalue weighted by atomic mass is 9.98. The van der Waals surface area contributed by atoms with E-state index in [1.165, 1.54) is 0 Å². The Balaban J connectivity index is 2.32. The molecule has 2 rings (SSSR count). The summed E-state index contributed by atoms with van der Waals surface area (Å²) in [7, 11) is 0. The number of nitrogens with two attached hydrogens (primary N) is 1. The van der Waals surface area contributed by atoms with Gasteiger partial charge in [-0.25, -0.2) is 4.98 Å². The predicted octanol–water partition coefficient (Wildman–Crippen LogP) is 2.03. The third-order valence-electron chi connectivity index (χ3n) is 3.40. The lowest BCUT2D eigenvalue weighted by Gasteiger charge is -2.17. The standard InChI is InChI=1S/C14H18N4O/c1-10-11(2)18(9-16-10)8-13(14(15)17-19)12-6-4-3-5-7-12/h3-7,9,13,19H,8H2,1-2H3,(H2,15,17). The minimum Gasteiger partial charge on any atom is -0.409 e. The summed E-state index contributed by atoms with van der Waals surface area (Å²) in [5.74, 6) is 0.0375. The molecule has 1 aromatic carbocycles. The van der Waals surface area contributed by atoms with Crippen molar-refractivity contribution in [3.63, 3.8) is 0 Å². The topological polar surface area (TPSA) is 76.4 Å². The second-order valence-electron chi connectivity index (χ2n) is 4.56. The second kappa shape index (κ2) is 5.56. The van der Waals surface area contributed by atoms with Crippen LogP contribution in [0.5, 0.6) is 0 Å². The molecule has 0 amide bonds. The van der Waals surface area contributed by atoms with Crippen LogP contribution in [-0.4, -0.2) is 20.6 Å². The van der Waals surface area contributed by atoms with E-state index in [0.717, 1.165) is 17.0 Å². The van der Waals surface area contributed by atoms with Gasteiger partial charge in [-0.05, 0) is 19.4 Å². The molecule has 0 aliphatic heterocycles. The Bertz CT molecular complexity index is 574. The first kappa shape index (κ1) is 13.1. The summed E-state index contributed by atoms with van der Waals surface area (Å²) in [5, 5.41) is 12.1. The number of aromatic nitrogens is 2. The summed E-state index contributed by atoms with van der Waals surface area (Å²) in [6, 6.07) is 9.78. The maximum atomic E-state index is 8.96. The number of imidazole rings is 1. The van der Waals surface area contributed by atoms with Crippen molar-refractivity contribution >= 4 is 5.84 Å². The van der Waals surface area contributed by atoms with Crippen LogP contribution in [-0.2, 0) is 6.54 Å². The normalized spacial score (nSPS) is 13.5. The molecule has 100 valence electrons. The van der Waals surface area contributed by atoms with Crippen molar-refractivity contribution in [2.75, 3.05) is 0 Å². The van der Waals surface area contributed by atoms with Crippen molar-refractivity contribution in [3.8, 4) is 0 Å². The average Bonchev–Trinajstić information content (AvgIpc) is 2.76. The van der Waals surface area contributed by atoms with Gasteiger partial charge in [0.05, 0.1) is 17.9 Å². The number of amidine groups is 1. The van der Waals surface area contributed by atoms with E-state index in [4.69, 9.17) is 10.9 Å². The Kier molecular flexibility index (Phi) is 3.85. The smallest absolute Gasteiger partial charge is 0.148 e. The van der Waals surface area contributed by atoms with Crippen LogP contribution in [0.15, 0.2) is 41.8 Å². The maximum Gasteiger partial charge on any atom is 0.148 e. The summed E-state index contributed by atoms with van der Waals surface area (Å²) >= 11 is 0. The summed E-state index contributed by atoms with van der Waals surface area (Å²) in [4.78, 5) is 4.27. The van der Waals surface area contributed by atoms with E-state index in [1.807, 2.05) is 48.7 Å². The van der Waals surface area contributed by atoms with Crippen LogP contribution >= 0.6 is 0 Å². The molecule has 0 bridgehead atoms. The van der Waals surface area contributed by atoms with Gasteiger partial charge < -0.3 is 15.5 Å². The molecule has 0 saturated heterocycles. The molecule has 0 fully saturated rings. The van der Waals surface area contributed by atoms with Crippen LogP contribution in [0.4, 0.5) is 0 Å². The highest BCUT2D eigenvalue weighted by atomic mass is 16.4. The number of oxime groups is 1. The molecule has 0 radical (unpaired) electrons. The van der Waals surface area contributed by atoms with Crippen molar-refractivity contribution < 1.29 is 5.21 Å². The van der Waals surface area contributed by atoms with Crippen molar-refractivity contribution in [2.45, 2.75) is 26.3 Å². The van der Waals surface area contributed by atoms with Gasteiger partial charge in [0.15, 0.2) is 0 Å². The summed E-state index contributed by atoms with van der Waals surface area (Å²) < 4.78 is 2.02. The van der Waals surface area contributed by atoms with Gasteiger partial charge in [0, 0.05) is 12.2 Å². The monoisotopic (exact) mass is 258 g/mol. The van der Waals surface area contributed by atoms with E-state index in [-0.39, 0.29) is 11.8 Å². The van der Waals surface area contributed by atoms with Gasteiger partial charge in [-0.15, -0.1) is 0 Å². The number of aryl methyl sites for hydroxylation is 1. The van der Waals surface area contributed by atoms with Crippen LogP contribution in [0.1, 0.15) is 22.9 Å². The number of benzene rings is 1. The molecule has 1 unspecified atom stereocenters. The molecule has 5 nitrogen and oxygen atoms in total.